The molecule has 1 aromatic rings. The van der Waals surface area contributed by atoms with E-state index >= 15 is 0 Å². The van der Waals surface area contributed by atoms with Crippen molar-refractivity contribution in [3.63, 3.8) is 0 Å². The number of hydrogen-bond donors (Lipinski definition) is 2. The molecule has 1 rings (SSSR count). The Bertz CT molecular complexity index is 395. The molecule has 96 valence electrons. The number of nitrogens with two attached hydrogens (primary N) is 1. The largest absolute Gasteiger partial charge is 0.416 e. The van der Waals surface area contributed by atoms with Crippen LogP contribution in [0.15, 0.2) is 18.2 Å². The van der Waals surface area contributed by atoms with E-state index in [0.29, 0.717) is 0 Å². The third-order valence-corrected chi connectivity index (χ3v) is 2.75. The quantitative estimate of drug-likeness (QED) is 0.884. The van der Waals surface area contributed by atoms with Crippen LogP contribution in [0.1, 0.15) is 30.5 Å². The molecule has 0 unspecified atom stereocenters. The predicted molar refractivity (Wildman–Crippen MR) is 59.7 cm³/mol. The Morgan fingerprint density at radius 2 is 2.00 bits per heavy atom. The Morgan fingerprint density at radius 1 is 1.41 bits per heavy atom. The topological polar surface area (TPSA) is 46.2 Å². The standard InChI is InChI=1S/C11H13ClF3NO/c1-2-9(17)10(16)7-4-3-6(12)5-8(7)11(13,14)15/h3-5,9-10,17H,2,16H2,1H3/t9-,10+/m1/s1. The average Bonchev–Trinajstić information content (AvgIpc) is 2.25. The molecule has 6 heteroatoms. The molecule has 0 bridgehead atoms. The van der Waals surface area contributed by atoms with E-state index in [9.17, 15) is 18.3 Å². The molecule has 0 aromatic heterocycles. The zero-order valence-corrected chi connectivity index (χ0v) is 9.89. The summed E-state index contributed by atoms with van der Waals surface area (Å²) >= 11 is 5.54. The van der Waals surface area contributed by atoms with Crippen molar-refractivity contribution in [3.05, 3.63) is 34.3 Å². The number of halogens is 4. The molecule has 0 amide bonds. The van der Waals surface area contributed by atoms with Gasteiger partial charge in [-0.05, 0) is 24.1 Å². The molecule has 0 saturated heterocycles. The summed E-state index contributed by atoms with van der Waals surface area (Å²) in [6.45, 7) is 1.65. The van der Waals surface area contributed by atoms with Gasteiger partial charge in [0.1, 0.15) is 0 Å². The summed E-state index contributed by atoms with van der Waals surface area (Å²) in [6.07, 6.45) is -5.27. The van der Waals surface area contributed by atoms with Crippen molar-refractivity contribution in [2.24, 2.45) is 5.73 Å². The number of alkyl halides is 3. The van der Waals surface area contributed by atoms with E-state index in [2.05, 4.69) is 0 Å². The smallest absolute Gasteiger partial charge is 0.391 e. The fraction of sp³-hybridized carbons (Fsp3) is 0.455. The Labute approximate surface area is 102 Å². The summed E-state index contributed by atoms with van der Waals surface area (Å²) in [5, 5.41) is 9.50. The highest BCUT2D eigenvalue weighted by Crippen LogP contribution is 2.36. The normalized spacial score (nSPS) is 15.7. The van der Waals surface area contributed by atoms with E-state index in [1.807, 2.05) is 0 Å². The summed E-state index contributed by atoms with van der Waals surface area (Å²) in [6, 6.07) is 2.27. The van der Waals surface area contributed by atoms with Gasteiger partial charge in [0.25, 0.3) is 0 Å². The Balaban J connectivity index is 3.24. The van der Waals surface area contributed by atoms with Gasteiger partial charge < -0.3 is 10.8 Å². The zero-order valence-electron chi connectivity index (χ0n) is 9.13. The lowest BCUT2D eigenvalue weighted by Crippen LogP contribution is -2.28. The van der Waals surface area contributed by atoms with Gasteiger partial charge in [-0.15, -0.1) is 0 Å². The second-order valence-electron chi connectivity index (χ2n) is 3.73. The van der Waals surface area contributed by atoms with Crippen LogP contribution in [-0.4, -0.2) is 11.2 Å². The van der Waals surface area contributed by atoms with Gasteiger partial charge in [-0.1, -0.05) is 24.6 Å². The summed E-state index contributed by atoms with van der Waals surface area (Å²) in [5.41, 5.74) is 4.56. The highest BCUT2D eigenvalue weighted by molar-refractivity contribution is 6.30. The first-order valence-corrected chi connectivity index (χ1v) is 5.45. The third-order valence-electron chi connectivity index (χ3n) is 2.51. The van der Waals surface area contributed by atoms with Crippen LogP contribution in [-0.2, 0) is 6.18 Å². The number of rotatable bonds is 3. The molecule has 0 aliphatic carbocycles. The molecule has 0 fully saturated rings. The lowest BCUT2D eigenvalue weighted by atomic mass is 9.95. The fourth-order valence-electron chi connectivity index (χ4n) is 1.53. The molecular weight excluding hydrogens is 255 g/mol. The van der Waals surface area contributed by atoms with Crippen molar-refractivity contribution in [1.29, 1.82) is 0 Å². The molecule has 0 radical (unpaired) electrons. The molecule has 1 aromatic carbocycles. The lowest BCUT2D eigenvalue weighted by Gasteiger charge is -2.22. The molecule has 0 heterocycles. The van der Waals surface area contributed by atoms with Gasteiger partial charge in [-0.2, -0.15) is 13.2 Å². The van der Waals surface area contributed by atoms with Crippen molar-refractivity contribution < 1.29 is 18.3 Å². The molecule has 0 spiro atoms. The minimum Gasteiger partial charge on any atom is -0.391 e. The first kappa shape index (κ1) is 14.3. The van der Waals surface area contributed by atoms with Gasteiger partial charge >= 0.3 is 6.18 Å². The molecule has 17 heavy (non-hydrogen) atoms. The molecule has 0 saturated carbocycles. The van der Waals surface area contributed by atoms with Gasteiger partial charge in [-0.3, -0.25) is 0 Å². The maximum atomic E-state index is 12.8. The highest BCUT2D eigenvalue weighted by atomic mass is 35.5. The van der Waals surface area contributed by atoms with E-state index in [4.69, 9.17) is 17.3 Å². The van der Waals surface area contributed by atoms with Crippen LogP contribution in [0.3, 0.4) is 0 Å². The lowest BCUT2D eigenvalue weighted by molar-refractivity contribution is -0.138. The first-order chi connectivity index (χ1) is 7.77. The molecule has 0 aliphatic heterocycles. The molecular formula is C11H13ClF3NO. The minimum absolute atomic E-state index is 0.0146. The minimum atomic E-state index is -4.54. The van der Waals surface area contributed by atoms with Gasteiger partial charge in [0.05, 0.1) is 17.7 Å². The zero-order chi connectivity index (χ0) is 13.2. The Kier molecular flexibility index (Phi) is 4.41. The van der Waals surface area contributed by atoms with Crippen LogP contribution in [0.25, 0.3) is 0 Å². The molecule has 0 aliphatic rings. The Hall–Kier alpha value is -0.780. The van der Waals surface area contributed by atoms with Crippen LogP contribution >= 0.6 is 11.6 Å². The van der Waals surface area contributed by atoms with Crippen molar-refractivity contribution in [2.75, 3.05) is 0 Å². The first-order valence-electron chi connectivity index (χ1n) is 5.07. The maximum absolute atomic E-state index is 12.8. The van der Waals surface area contributed by atoms with Crippen molar-refractivity contribution in [3.8, 4) is 0 Å². The second kappa shape index (κ2) is 5.25. The maximum Gasteiger partial charge on any atom is 0.416 e. The van der Waals surface area contributed by atoms with E-state index < -0.39 is 23.9 Å². The van der Waals surface area contributed by atoms with Crippen molar-refractivity contribution in [2.45, 2.75) is 31.7 Å². The average molecular weight is 268 g/mol. The Morgan fingerprint density at radius 3 is 2.47 bits per heavy atom. The van der Waals surface area contributed by atoms with Gasteiger partial charge in [-0.25, -0.2) is 0 Å². The van der Waals surface area contributed by atoms with E-state index in [1.54, 1.807) is 6.92 Å². The summed E-state index contributed by atoms with van der Waals surface area (Å²) < 4.78 is 38.3. The number of aliphatic hydroxyl groups excluding tert-OH is 1. The predicted octanol–water partition coefficient (Wildman–Crippen LogP) is 3.13. The van der Waals surface area contributed by atoms with E-state index in [1.165, 1.54) is 12.1 Å². The van der Waals surface area contributed by atoms with Gasteiger partial charge in [0.2, 0.25) is 0 Å². The highest BCUT2D eigenvalue weighted by Gasteiger charge is 2.35. The summed E-state index contributed by atoms with van der Waals surface area (Å²) in [7, 11) is 0. The SMILES string of the molecule is CC[C@@H](O)[C@@H](N)c1ccc(Cl)cc1C(F)(F)F. The van der Waals surface area contributed by atoms with Gasteiger partial charge in [0.15, 0.2) is 0 Å². The molecule has 2 atom stereocenters. The monoisotopic (exact) mass is 267 g/mol. The third kappa shape index (κ3) is 3.34. The van der Waals surface area contributed by atoms with Crippen LogP contribution < -0.4 is 5.73 Å². The second-order valence-corrected chi connectivity index (χ2v) is 4.17. The number of hydrogen-bond acceptors (Lipinski definition) is 2. The fourth-order valence-corrected chi connectivity index (χ4v) is 1.70. The number of benzene rings is 1. The van der Waals surface area contributed by atoms with Crippen LogP contribution in [0.5, 0.6) is 0 Å². The van der Waals surface area contributed by atoms with E-state index in [0.717, 1.165) is 6.07 Å². The molecule has 2 nitrogen and oxygen atoms in total. The van der Waals surface area contributed by atoms with Gasteiger partial charge in [0, 0.05) is 5.02 Å². The summed E-state index contributed by atoms with van der Waals surface area (Å²) in [5.74, 6) is 0. The molecule has 3 N–H and O–H groups in total. The van der Waals surface area contributed by atoms with Crippen molar-refractivity contribution >= 4 is 11.6 Å². The number of aliphatic hydroxyl groups is 1. The van der Waals surface area contributed by atoms with E-state index in [-0.39, 0.29) is 17.0 Å². The van der Waals surface area contributed by atoms with Crippen LogP contribution in [0, 0.1) is 0 Å². The summed E-state index contributed by atoms with van der Waals surface area (Å²) in [4.78, 5) is 0. The van der Waals surface area contributed by atoms with Crippen LogP contribution in [0.2, 0.25) is 5.02 Å². The van der Waals surface area contributed by atoms with Crippen LogP contribution in [0.4, 0.5) is 13.2 Å². The van der Waals surface area contributed by atoms with Crippen molar-refractivity contribution in [1.82, 2.24) is 0 Å².